The first kappa shape index (κ1) is 12.1. The van der Waals surface area contributed by atoms with Gasteiger partial charge in [0, 0.05) is 19.3 Å². The number of nitrogens with zero attached hydrogens (tertiary/aromatic N) is 2. The fourth-order valence-electron chi connectivity index (χ4n) is 1.98. The van der Waals surface area contributed by atoms with E-state index in [2.05, 4.69) is 10.3 Å². The number of carbonyl (C=O) groups excluding carboxylic acids is 1. The van der Waals surface area contributed by atoms with Gasteiger partial charge in [-0.15, -0.1) is 0 Å². The Kier molecular flexibility index (Phi) is 3.44. The molecule has 1 aliphatic carbocycles. The fourth-order valence-corrected chi connectivity index (χ4v) is 1.98. The molecule has 1 aliphatic rings. The second-order valence-corrected chi connectivity index (χ2v) is 4.53. The van der Waals surface area contributed by atoms with Crippen LogP contribution in [0.3, 0.4) is 0 Å². The van der Waals surface area contributed by atoms with Gasteiger partial charge in [-0.05, 0) is 19.3 Å². The minimum Gasteiger partial charge on any atom is -0.394 e. The zero-order chi connectivity index (χ0) is 12.3. The second-order valence-electron chi connectivity index (χ2n) is 4.53. The van der Waals surface area contributed by atoms with E-state index in [-0.39, 0.29) is 12.5 Å². The van der Waals surface area contributed by atoms with Crippen LogP contribution in [-0.2, 0) is 6.54 Å². The average molecular weight is 238 g/mol. The number of aliphatic hydroxyl groups is 1. The third kappa shape index (κ3) is 2.48. The van der Waals surface area contributed by atoms with Crippen molar-refractivity contribution >= 4 is 5.91 Å². The summed E-state index contributed by atoms with van der Waals surface area (Å²) in [5.41, 5.74) is 5.37. The maximum atomic E-state index is 11.9. The molecule has 94 valence electrons. The highest BCUT2D eigenvalue weighted by atomic mass is 16.3. The molecule has 1 amide bonds. The Balaban J connectivity index is 1.99. The Labute approximate surface area is 99.8 Å². The molecule has 0 unspecified atom stereocenters. The van der Waals surface area contributed by atoms with E-state index in [1.54, 1.807) is 17.1 Å². The number of hydrogen-bond acceptors (Lipinski definition) is 4. The van der Waals surface area contributed by atoms with Crippen molar-refractivity contribution in [3.8, 4) is 0 Å². The zero-order valence-corrected chi connectivity index (χ0v) is 9.72. The fraction of sp³-hybridized carbons (Fsp3) is 0.636. The number of aromatic nitrogens is 2. The lowest BCUT2D eigenvalue weighted by Gasteiger charge is -2.40. The first-order valence-corrected chi connectivity index (χ1v) is 5.84. The molecular weight excluding hydrogens is 220 g/mol. The Morgan fingerprint density at radius 2 is 2.41 bits per heavy atom. The summed E-state index contributed by atoms with van der Waals surface area (Å²) in [4.78, 5) is 15.9. The van der Waals surface area contributed by atoms with E-state index >= 15 is 0 Å². The lowest BCUT2D eigenvalue weighted by Crippen LogP contribution is -2.56. The molecule has 6 nitrogen and oxygen atoms in total. The molecule has 17 heavy (non-hydrogen) atoms. The van der Waals surface area contributed by atoms with E-state index < -0.39 is 5.54 Å². The highest BCUT2D eigenvalue weighted by Gasteiger charge is 2.38. The lowest BCUT2D eigenvalue weighted by molar-refractivity contribution is 0.0638. The number of aliphatic hydroxyl groups excluding tert-OH is 1. The summed E-state index contributed by atoms with van der Waals surface area (Å²) in [6.07, 6.45) is 5.97. The minimum absolute atomic E-state index is 0.0117. The van der Waals surface area contributed by atoms with E-state index in [0.29, 0.717) is 18.8 Å². The van der Waals surface area contributed by atoms with Crippen molar-refractivity contribution in [2.24, 2.45) is 5.73 Å². The molecule has 1 fully saturated rings. The molecular formula is C11H18N4O2. The van der Waals surface area contributed by atoms with Crippen molar-refractivity contribution in [1.29, 1.82) is 0 Å². The second kappa shape index (κ2) is 4.85. The number of rotatable bonds is 5. The standard InChI is InChI=1S/C11H18N4O2/c12-4-5-15-6-9(13-8-15)10(17)14-11(7-16)2-1-3-11/h6,8,16H,1-5,7,12H2,(H,14,17). The van der Waals surface area contributed by atoms with Gasteiger partial charge in [-0.2, -0.15) is 0 Å². The molecule has 2 rings (SSSR count). The van der Waals surface area contributed by atoms with Crippen LogP contribution >= 0.6 is 0 Å². The molecule has 0 radical (unpaired) electrons. The molecule has 0 aliphatic heterocycles. The van der Waals surface area contributed by atoms with Crippen LogP contribution in [0.15, 0.2) is 12.5 Å². The van der Waals surface area contributed by atoms with Gasteiger partial charge >= 0.3 is 0 Å². The quantitative estimate of drug-likeness (QED) is 0.644. The average Bonchev–Trinajstić information content (AvgIpc) is 2.72. The molecule has 1 heterocycles. The third-order valence-corrected chi connectivity index (χ3v) is 3.25. The highest BCUT2D eigenvalue weighted by Crippen LogP contribution is 2.31. The SMILES string of the molecule is NCCn1cnc(C(=O)NC2(CO)CCC2)c1. The summed E-state index contributed by atoms with van der Waals surface area (Å²) in [6.45, 7) is 1.14. The van der Waals surface area contributed by atoms with Gasteiger partial charge in [-0.25, -0.2) is 4.98 Å². The van der Waals surface area contributed by atoms with Gasteiger partial charge in [-0.1, -0.05) is 0 Å². The van der Waals surface area contributed by atoms with Crippen LogP contribution in [0.2, 0.25) is 0 Å². The van der Waals surface area contributed by atoms with Gasteiger partial charge in [0.15, 0.2) is 0 Å². The Morgan fingerprint density at radius 3 is 2.94 bits per heavy atom. The van der Waals surface area contributed by atoms with Gasteiger partial charge in [-0.3, -0.25) is 4.79 Å². The summed E-state index contributed by atoms with van der Waals surface area (Å²) in [6, 6.07) is 0. The summed E-state index contributed by atoms with van der Waals surface area (Å²) in [5.74, 6) is -0.227. The molecule has 0 aromatic carbocycles. The number of nitrogens with two attached hydrogens (primary N) is 1. The monoisotopic (exact) mass is 238 g/mol. The van der Waals surface area contributed by atoms with Crippen LogP contribution in [0.25, 0.3) is 0 Å². The zero-order valence-electron chi connectivity index (χ0n) is 9.72. The highest BCUT2D eigenvalue weighted by molar-refractivity contribution is 5.92. The largest absolute Gasteiger partial charge is 0.394 e. The smallest absolute Gasteiger partial charge is 0.271 e. The van der Waals surface area contributed by atoms with Gasteiger partial charge < -0.3 is 20.7 Å². The van der Waals surface area contributed by atoms with Crippen molar-refractivity contribution in [1.82, 2.24) is 14.9 Å². The number of amides is 1. The first-order chi connectivity index (χ1) is 8.19. The number of carbonyl (C=O) groups is 1. The molecule has 0 bridgehead atoms. The Hall–Kier alpha value is -1.40. The van der Waals surface area contributed by atoms with Crippen molar-refractivity contribution in [2.75, 3.05) is 13.2 Å². The lowest BCUT2D eigenvalue weighted by atomic mass is 9.77. The third-order valence-electron chi connectivity index (χ3n) is 3.25. The maximum Gasteiger partial charge on any atom is 0.271 e. The molecule has 1 saturated carbocycles. The van der Waals surface area contributed by atoms with Crippen molar-refractivity contribution in [3.05, 3.63) is 18.2 Å². The van der Waals surface area contributed by atoms with Crippen LogP contribution in [0.1, 0.15) is 29.8 Å². The van der Waals surface area contributed by atoms with E-state index in [9.17, 15) is 9.90 Å². The van der Waals surface area contributed by atoms with E-state index in [1.807, 2.05) is 0 Å². The van der Waals surface area contributed by atoms with Crippen LogP contribution < -0.4 is 11.1 Å². The van der Waals surface area contributed by atoms with E-state index in [4.69, 9.17) is 5.73 Å². The first-order valence-electron chi connectivity index (χ1n) is 5.84. The van der Waals surface area contributed by atoms with Crippen molar-refractivity contribution in [3.63, 3.8) is 0 Å². The molecule has 1 aromatic rings. The van der Waals surface area contributed by atoms with Crippen LogP contribution in [-0.4, -0.2) is 39.3 Å². The molecule has 6 heteroatoms. The molecule has 0 spiro atoms. The summed E-state index contributed by atoms with van der Waals surface area (Å²) in [7, 11) is 0. The Bertz CT molecular complexity index is 392. The molecule has 1 aromatic heterocycles. The van der Waals surface area contributed by atoms with Crippen LogP contribution in [0, 0.1) is 0 Å². The predicted molar refractivity (Wildman–Crippen MR) is 62.4 cm³/mol. The van der Waals surface area contributed by atoms with Crippen molar-refractivity contribution < 1.29 is 9.90 Å². The number of imidazole rings is 1. The summed E-state index contributed by atoms with van der Waals surface area (Å²) < 4.78 is 1.78. The van der Waals surface area contributed by atoms with Gasteiger partial charge in [0.1, 0.15) is 5.69 Å². The summed E-state index contributed by atoms with van der Waals surface area (Å²) >= 11 is 0. The molecule has 0 saturated heterocycles. The van der Waals surface area contributed by atoms with Crippen LogP contribution in [0.5, 0.6) is 0 Å². The van der Waals surface area contributed by atoms with Crippen LogP contribution in [0.4, 0.5) is 0 Å². The maximum absolute atomic E-state index is 11.9. The number of nitrogens with one attached hydrogen (secondary N) is 1. The van der Waals surface area contributed by atoms with Gasteiger partial charge in [0.2, 0.25) is 0 Å². The minimum atomic E-state index is -0.422. The predicted octanol–water partition coefficient (Wildman–Crippen LogP) is -0.513. The van der Waals surface area contributed by atoms with Crippen molar-refractivity contribution in [2.45, 2.75) is 31.3 Å². The molecule has 4 N–H and O–H groups in total. The summed E-state index contributed by atoms with van der Waals surface area (Å²) in [5, 5.41) is 12.1. The molecule has 0 atom stereocenters. The normalized spacial score (nSPS) is 17.5. The van der Waals surface area contributed by atoms with Gasteiger partial charge in [0.05, 0.1) is 18.5 Å². The van der Waals surface area contributed by atoms with E-state index in [0.717, 1.165) is 19.3 Å². The Morgan fingerprint density at radius 1 is 1.65 bits per heavy atom. The van der Waals surface area contributed by atoms with Gasteiger partial charge in [0.25, 0.3) is 5.91 Å². The topological polar surface area (TPSA) is 93.2 Å². The van der Waals surface area contributed by atoms with E-state index in [1.165, 1.54) is 0 Å². The number of hydrogen-bond donors (Lipinski definition) is 3.